The molecule has 3 rings (SSSR count). The van der Waals surface area contributed by atoms with E-state index >= 15 is 0 Å². The Kier molecular flexibility index (Phi) is 3.15. The highest BCUT2D eigenvalue weighted by atomic mass is 32.2. The van der Waals surface area contributed by atoms with Crippen LogP contribution in [0.15, 0.2) is 29.2 Å². The van der Waals surface area contributed by atoms with Gasteiger partial charge in [0.15, 0.2) is 0 Å². The molecule has 1 aromatic rings. The molecule has 5 heteroatoms. The van der Waals surface area contributed by atoms with Crippen LogP contribution in [0, 0.1) is 0 Å². The quantitative estimate of drug-likeness (QED) is 0.835. The molecule has 0 spiro atoms. The van der Waals surface area contributed by atoms with Gasteiger partial charge in [0.05, 0.1) is 4.90 Å². The SMILES string of the molecule is CC1(NS(=O)(=O)c2ccccc2CNC2CC2)CC1. The molecule has 0 heterocycles. The summed E-state index contributed by atoms with van der Waals surface area (Å²) < 4.78 is 27.7. The molecular weight excluding hydrogens is 260 g/mol. The Morgan fingerprint density at radius 2 is 1.95 bits per heavy atom. The normalized spacial score (nSPS) is 21.3. The van der Waals surface area contributed by atoms with Crippen molar-refractivity contribution in [2.45, 2.75) is 55.6 Å². The average molecular weight is 280 g/mol. The van der Waals surface area contributed by atoms with Gasteiger partial charge in [0, 0.05) is 18.1 Å². The first-order valence-electron chi connectivity index (χ1n) is 6.84. The second-order valence-electron chi connectivity index (χ2n) is 5.93. The molecule has 2 fully saturated rings. The number of benzene rings is 1. The minimum absolute atomic E-state index is 0.226. The van der Waals surface area contributed by atoms with Crippen LogP contribution in [0.5, 0.6) is 0 Å². The smallest absolute Gasteiger partial charge is 0.241 e. The van der Waals surface area contributed by atoms with Gasteiger partial charge in [-0.15, -0.1) is 0 Å². The van der Waals surface area contributed by atoms with Gasteiger partial charge in [-0.2, -0.15) is 0 Å². The maximum Gasteiger partial charge on any atom is 0.241 e. The summed E-state index contributed by atoms with van der Waals surface area (Å²) in [6.07, 6.45) is 4.25. The van der Waals surface area contributed by atoms with E-state index in [1.807, 2.05) is 19.1 Å². The fourth-order valence-electron chi connectivity index (χ4n) is 2.12. The van der Waals surface area contributed by atoms with Crippen LogP contribution in [0.2, 0.25) is 0 Å². The minimum atomic E-state index is -3.40. The molecule has 4 nitrogen and oxygen atoms in total. The molecule has 2 saturated carbocycles. The van der Waals surface area contributed by atoms with Gasteiger partial charge in [-0.3, -0.25) is 0 Å². The number of sulfonamides is 1. The van der Waals surface area contributed by atoms with Gasteiger partial charge < -0.3 is 5.32 Å². The third-order valence-corrected chi connectivity index (χ3v) is 5.54. The molecule has 2 N–H and O–H groups in total. The van der Waals surface area contributed by atoms with Crippen molar-refractivity contribution in [1.82, 2.24) is 10.0 Å². The van der Waals surface area contributed by atoms with E-state index in [1.54, 1.807) is 12.1 Å². The second-order valence-corrected chi connectivity index (χ2v) is 7.58. The van der Waals surface area contributed by atoms with Crippen LogP contribution in [-0.4, -0.2) is 20.0 Å². The lowest BCUT2D eigenvalue weighted by Gasteiger charge is -2.15. The summed E-state index contributed by atoms with van der Waals surface area (Å²) >= 11 is 0. The van der Waals surface area contributed by atoms with E-state index in [0.717, 1.165) is 18.4 Å². The minimum Gasteiger partial charge on any atom is -0.310 e. The van der Waals surface area contributed by atoms with Crippen molar-refractivity contribution in [3.8, 4) is 0 Å². The van der Waals surface area contributed by atoms with Crippen LogP contribution in [0.4, 0.5) is 0 Å². The molecule has 0 radical (unpaired) electrons. The first-order chi connectivity index (χ1) is 8.99. The van der Waals surface area contributed by atoms with Gasteiger partial charge >= 0.3 is 0 Å². The van der Waals surface area contributed by atoms with Crippen molar-refractivity contribution in [3.05, 3.63) is 29.8 Å². The Hall–Kier alpha value is -0.910. The van der Waals surface area contributed by atoms with E-state index in [-0.39, 0.29) is 5.54 Å². The molecule has 0 aromatic heterocycles. The summed E-state index contributed by atoms with van der Waals surface area (Å²) in [5.74, 6) is 0. The molecule has 0 saturated heterocycles. The van der Waals surface area contributed by atoms with E-state index < -0.39 is 10.0 Å². The molecule has 0 amide bonds. The summed E-state index contributed by atoms with van der Waals surface area (Å²) in [6, 6.07) is 7.83. The van der Waals surface area contributed by atoms with Crippen molar-refractivity contribution < 1.29 is 8.42 Å². The van der Waals surface area contributed by atoms with Crippen LogP contribution in [0.3, 0.4) is 0 Å². The van der Waals surface area contributed by atoms with E-state index in [9.17, 15) is 8.42 Å². The van der Waals surface area contributed by atoms with Gasteiger partial charge in [0.2, 0.25) is 10.0 Å². The zero-order valence-corrected chi connectivity index (χ0v) is 12.0. The molecular formula is C14H20N2O2S. The Morgan fingerprint density at radius 3 is 2.58 bits per heavy atom. The summed E-state index contributed by atoms with van der Waals surface area (Å²) in [5, 5.41) is 3.37. The summed E-state index contributed by atoms with van der Waals surface area (Å²) in [5.41, 5.74) is 0.627. The largest absolute Gasteiger partial charge is 0.310 e. The van der Waals surface area contributed by atoms with Crippen molar-refractivity contribution in [2.24, 2.45) is 0 Å². The molecule has 0 aliphatic heterocycles. The summed E-state index contributed by atoms with van der Waals surface area (Å²) in [6.45, 7) is 2.58. The Morgan fingerprint density at radius 1 is 1.26 bits per heavy atom. The van der Waals surface area contributed by atoms with Gasteiger partial charge in [0.25, 0.3) is 0 Å². The van der Waals surface area contributed by atoms with Crippen molar-refractivity contribution in [1.29, 1.82) is 0 Å². The Bertz CT molecular complexity index is 575. The Balaban J connectivity index is 1.81. The lowest BCUT2D eigenvalue weighted by atomic mass is 10.2. The molecule has 0 atom stereocenters. The summed E-state index contributed by atoms with van der Waals surface area (Å²) in [7, 11) is -3.40. The molecule has 2 aliphatic carbocycles. The summed E-state index contributed by atoms with van der Waals surface area (Å²) in [4.78, 5) is 0.413. The van der Waals surface area contributed by atoms with Crippen LogP contribution >= 0.6 is 0 Å². The van der Waals surface area contributed by atoms with E-state index in [2.05, 4.69) is 10.0 Å². The zero-order chi connectivity index (χ0) is 13.5. The van der Waals surface area contributed by atoms with Crippen LogP contribution < -0.4 is 10.0 Å². The molecule has 104 valence electrons. The van der Waals surface area contributed by atoms with Crippen molar-refractivity contribution >= 4 is 10.0 Å². The predicted octanol–water partition coefficient (Wildman–Crippen LogP) is 1.77. The molecule has 19 heavy (non-hydrogen) atoms. The highest BCUT2D eigenvalue weighted by Gasteiger charge is 2.41. The van der Waals surface area contributed by atoms with Gasteiger partial charge in [0.1, 0.15) is 0 Å². The maximum absolute atomic E-state index is 12.4. The molecule has 2 aliphatic rings. The Labute approximate surface area is 114 Å². The topological polar surface area (TPSA) is 58.2 Å². The number of rotatable bonds is 6. The first kappa shape index (κ1) is 13.1. The highest BCUT2D eigenvalue weighted by Crippen LogP contribution is 2.36. The molecule has 0 unspecified atom stereocenters. The lowest BCUT2D eigenvalue weighted by Crippen LogP contribution is -2.35. The number of hydrogen-bond donors (Lipinski definition) is 2. The van der Waals surface area contributed by atoms with E-state index in [0.29, 0.717) is 17.5 Å². The van der Waals surface area contributed by atoms with Crippen LogP contribution in [0.1, 0.15) is 38.2 Å². The van der Waals surface area contributed by atoms with Crippen LogP contribution in [-0.2, 0) is 16.6 Å². The third kappa shape index (κ3) is 3.16. The van der Waals surface area contributed by atoms with E-state index in [1.165, 1.54) is 12.8 Å². The third-order valence-electron chi connectivity index (χ3n) is 3.80. The average Bonchev–Trinajstić information content (AvgIpc) is 3.25. The maximum atomic E-state index is 12.4. The first-order valence-corrected chi connectivity index (χ1v) is 8.32. The molecule has 0 bridgehead atoms. The fourth-order valence-corrected chi connectivity index (χ4v) is 3.83. The zero-order valence-electron chi connectivity index (χ0n) is 11.1. The standard InChI is InChI=1S/C14H20N2O2S/c1-14(8-9-14)16-19(17,18)13-5-3-2-4-11(13)10-15-12-6-7-12/h2-5,12,15-16H,6-10H2,1H3. The van der Waals surface area contributed by atoms with Gasteiger partial charge in [-0.1, -0.05) is 18.2 Å². The monoisotopic (exact) mass is 280 g/mol. The molecule has 1 aromatic carbocycles. The lowest BCUT2D eigenvalue weighted by molar-refractivity contribution is 0.555. The predicted molar refractivity (Wildman–Crippen MR) is 74.3 cm³/mol. The number of nitrogens with one attached hydrogen (secondary N) is 2. The second kappa shape index (κ2) is 4.58. The van der Waals surface area contributed by atoms with Gasteiger partial charge in [-0.05, 0) is 44.2 Å². The van der Waals surface area contributed by atoms with Crippen molar-refractivity contribution in [3.63, 3.8) is 0 Å². The number of hydrogen-bond acceptors (Lipinski definition) is 3. The fraction of sp³-hybridized carbons (Fsp3) is 0.571. The highest BCUT2D eigenvalue weighted by molar-refractivity contribution is 7.89. The van der Waals surface area contributed by atoms with Gasteiger partial charge in [-0.25, -0.2) is 13.1 Å². The van der Waals surface area contributed by atoms with Crippen molar-refractivity contribution in [2.75, 3.05) is 0 Å². The van der Waals surface area contributed by atoms with E-state index in [4.69, 9.17) is 0 Å². The van der Waals surface area contributed by atoms with Crippen LogP contribution in [0.25, 0.3) is 0 Å².